The van der Waals surface area contributed by atoms with Crippen LogP contribution in [0.5, 0.6) is 0 Å². The van der Waals surface area contributed by atoms with E-state index in [0.29, 0.717) is 0 Å². The first-order chi connectivity index (χ1) is 12.5. The molecular formula is C24H40Cl2SiTi-2. The smallest absolute Gasteiger partial charge is 1.00 e. The van der Waals surface area contributed by atoms with Gasteiger partial charge in [0.2, 0.25) is 0 Å². The summed E-state index contributed by atoms with van der Waals surface area (Å²) in [6.07, 6.45) is 23.9. The monoisotopic (exact) mass is 474 g/mol. The van der Waals surface area contributed by atoms with Gasteiger partial charge in [0, 0.05) is 0 Å². The average molecular weight is 475 g/mol. The third-order valence-electron chi connectivity index (χ3n) is 4.31. The molecule has 0 atom stereocenters. The molecule has 0 heterocycles. The van der Waals surface area contributed by atoms with Crippen LogP contribution in [0.3, 0.4) is 0 Å². The normalized spacial score (nSPS) is 14.0. The molecule has 0 N–H and O–H groups in total. The summed E-state index contributed by atoms with van der Waals surface area (Å²) >= 11 is 2.27. The van der Waals surface area contributed by atoms with Gasteiger partial charge in [-0.1, -0.05) is 66.2 Å². The summed E-state index contributed by atoms with van der Waals surface area (Å²) in [5, 5.41) is 0. The predicted molar refractivity (Wildman–Crippen MR) is 116 cm³/mol. The van der Waals surface area contributed by atoms with Gasteiger partial charge in [-0.3, -0.25) is 12.2 Å². The van der Waals surface area contributed by atoms with Gasteiger partial charge in [0.05, 0.1) is 0 Å². The Morgan fingerprint density at radius 1 is 0.786 bits per heavy atom. The van der Waals surface area contributed by atoms with Crippen molar-refractivity contribution in [3.8, 4) is 0 Å². The van der Waals surface area contributed by atoms with Gasteiger partial charge < -0.3 is 24.8 Å². The Hall–Kier alpha value is 0.471. The van der Waals surface area contributed by atoms with Crippen LogP contribution in [0.15, 0.2) is 34.4 Å². The van der Waals surface area contributed by atoms with Crippen molar-refractivity contribution in [2.24, 2.45) is 0 Å². The van der Waals surface area contributed by atoms with Gasteiger partial charge in [-0.2, -0.15) is 11.1 Å². The summed E-state index contributed by atoms with van der Waals surface area (Å²) in [5.41, 5.74) is 6.00. The third kappa shape index (κ3) is 18.5. The van der Waals surface area contributed by atoms with Crippen molar-refractivity contribution in [1.29, 1.82) is 0 Å². The van der Waals surface area contributed by atoms with Crippen molar-refractivity contribution in [1.82, 2.24) is 0 Å². The van der Waals surface area contributed by atoms with E-state index in [1.54, 1.807) is 11.1 Å². The largest absolute Gasteiger partial charge is 1.00 e. The molecule has 4 heteroatoms. The van der Waals surface area contributed by atoms with E-state index in [-0.39, 0.29) is 31.0 Å². The molecule has 0 unspecified atom stereocenters. The van der Waals surface area contributed by atoms with Crippen LogP contribution in [-0.2, 0) is 19.2 Å². The fourth-order valence-electron chi connectivity index (χ4n) is 2.73. The van der Waals surface area contributed by atoms with Gasteiger partial charge >= 0.3 is 38.5 Å². The van der Waals surface area contributed by atoms with Crippen molar-refractivity contribution in [2.45, 2.75) is 105 Å². The van der Waals surface area contributed by atoms with Crippen LogP contribution in [-0.4, -0.2) is 6.19 Å². The third-order valence-corrected chi connectivity index (χ3v) is 4.31. The Bertz CT molecular complexity index is 485. The van der Waals surface area contributed by atoms with E-state index in [1.807, 2.05) is 0 Å². The van der Waals surface area contributed by atoms with E-state index in [4.69, 9.17) is 0 Å². The van der Waals surface area contributed by atoms with E-state index in [2.05, 4.69) is 84.3 Å². The molecule has 0 radical (unpaired) electrons. The van der Waals surface area contributed by atoms with Gasteiger partial charge in [-0.15, -0.1) is 12.8 Å². The van der Waals surface area contributed by atoms with E-state index in [1.165, 1.54) is 49.7 Å². The van der Waals surface area contributed by atoms with Crippen molar-refractivity contribution in [3.05, 3.63) is 46.6 Å². The first-order valence-electron chi connectivity index (χ1n) is 10.6. The molecule has 0 nitrogen and oxygen atoms in total. The zero-order valence-corrected chi connectivity index (χ0v) is 23.1. The van der Waals surface area contributed by atoms with Crippen molar-refractivity contribution < 1.29 is 44.0 Å². The van der Waals surface area contributed by atoms with Gasteiger partial charge in [-0.25, -0.2) is 23.3 Å². The second-order valence-electron chi connectivity index (χ2n) is 7.28. The van der Waals surface area contributed by atoms with Crippen LogP contribution in [0, 0.1) is 12.2 Å². The molecule has 0 fully saturated rings. The van der Waals surface area contributed by atoms with E-state index < -0.39 is 0 Å². The van der Waals surface area contributed by atoms with Crippen LogP contribution in [0.4, 0.5) is 0 Å². The topological polar surface area (TPSA) is 0 Å². The molecule has 0 aromatic carbocycles. The zero-order chi connectivity index (χ0) is 19.8. The van der Waals surface area contributed by atoms with Gasteiger partial charge in [0.1, 0.15) is 0 Å². The number of unbranched alkanes of at least 4 members (excludes halogenated alkanes) is 2. The maximum absolute atomic E-state index is 3.39. The Morgan fingerprint density at radius 2 is 1.11 bits per heavy atom. The molecule has 2 aliphatic rings. The maximum atomic E-state index is 3.39. The predicted octanol–water partition coefficient (Wildman–Crippen LogP) is 2.08. The molecule has 0 spiro atoms. The van der Waals surface area contributed by atoms with Gasteiger partial charge in [0.15, 0.2) is 0 Å². The molecule has 28 heavy (non-hydrogen) atoms. The molecule has 0 saturated heterocycles. The molecular weight excluding hydrogens is 435 g/mol. The minimum atomic E-state index is 0. The first kappa shape index (κ1) is 33.1. The van der Waals surface area contributed by atoms with Gasteiger partial charge in [0.25, 0.3) is 0 Å². The molecule has 2 aliphatic carbocycles. The van der Waals surface area contributed by atoms with Crippen molar-refractivity contribution in [3.63, 3.8) is 0 Å². The number of halogens is 2. The fourth-order valence-corrected chi connectivity index (χ4v) is 2.73. The summed E-state index contributed by atoms with van der Waals surface area (Å²) in [5.74, 6) is 0. The SMILES string of the molecule is CCCCC1=CC(CC)=[C-]C1.CCCCC1=CC(CC)=[C-]C1.C[Si](C)=[Ti+2].[Cl-].[Cl-]. The van der Waals surface area contributed by atoms with E-state index in [0.717, 1.165) is 25.7 Å². The van der Waals surface area contributed by atoms with Crippen LogP contribution in [0.2, 0.25) is 13.1 Å². The summed E-state index contributed by atoms with van der Waals surface area (Å²) in [7, 11) is 0. The molecule has 0 aromatic heterocycles. The molecule has 2 rings (SSSR count). The minimum Gasteiger partial charge on any atom is -1.00 e. The van der Waals surface area contributed by atoms with Crippen LogP contribution in [0.25, 0.3) is 0 Å². The Labute approximate surface area is 200 Å². The number of hydrogen-bond donors (Lipinski definition) is 0. The van der Waals surface area contributed by atoms with E-state index >= 15 is 0 Å². The first-order valence-corrected chi connectivity index (χ1v) is 15.4. The van der Waals surface area contributed by atoms with Crippen LogP contribution < -0.4 is 24.8 Å². The minimum absolute atomic E-state index is 0. The average Bonchev–Trinajstić information content (AvgIpc) is 3.27. The van der Waals surface area contributed by atoms with Crippen molar-refractivity contribution in [2.75, 3.05) is 0 Å². The fraction of sp³-hybridized carbons (Fsp3) is 0.667. The Balaban J connectivity index is -0.000000355. The second-order valence-corrected chi connectivity index (χ2v) is 14.0. The molecule has 0 amide bonds. The van der Waals surface area contributed by atoms with Crippen LogP contribution in [0.1, 0.15) is 91.9 Å². The van der Waals surface area contributed by atoms with Crippen molar-refractivity contribution >= 4 is 6.19 Å². The van der Waals surface area contributed by atoms with Gasteiger partial charge in [-0.05, 0) is 12.8 Å². The standard InChI is InChI=1S/2C11H17.C2H6Si.2ClH.Ti/c2*1-3-5-6-11-8-7-10(4-2)9-11;1-3-2;;;/h2*9H,3-6,8H2,1-2H3;1-2H3;2*1H;/q2*-1;;;;+2/p-2. The molecule has 160 valence electrons. The maximum Gasteiger partial charge on any atom is -1.00 e. The van der Waals surface area contributed by atoms with Crippen LogP contribution >= 0.6 is 0 Å². The zero-order valence-electron chi connectivity index (χ0n) is 19.0. The molecule has 0 bridgehead atoms. The Morgan fingerprint density at radius 3 is 1.32 bits per heavy atom. The number of hydrogen-bond acceptors (Lipinski definition) is 0. The summed E-state index contributed by atoms with van der Waals surface area (Å²) in [4.78, 5) is 0. The Kier molecular flexibility index (Phi) is 26.2. The number of rotatable bonds is 8. The molecule has 0 saturated carbocycles. The number of allylic oxidation sites excluding steroid dienone is 8. The summed E-state index contributed by atoms with van der Waals surface area (Å²) < 4.78 is 0. The second kappa shape index (κ2) is 22.2. The molecule has 0 aromatic rings. The van der Waals surface area contributed by atoms with E-state index in [9.17, 15) is 0 Å². The summed E-state index contributed by atoms with van der Waals surface area (Å²) in [6.45, 7) is 13.4. The quantitative estimate of drug-likeness (QED) is 0.373. The summed E-state index contributed by atoms with van der Waals surface area (Å²) in [6, 6.07) is 0. The molecule has 0 aliphatic heterocycles.